The van der Waals surface area contributed by atoms with E-state index in [-0.39, 0.29) is 23.3 Å². The third-order valence-electron chi connectivity index (χ3n) is 0.921. The van der Waals surface area contributed by atoms with Crippen LogP contribution in [0.15, 0.2) is 0 Å². The summed E-state index contributed by atoms with van der Waals surface area (Å²) in [5.41, 5.74) is 0. The standard InChI is InChI=1S/C7H14O2.Al.3H/c1-3-5-7(8)9-6-4-2;;;;/h3-6H2,1-2H3;;;;. The van der Waals surface area contributed by atoms with Crippen LogP contribution in [0, 0.1) is 0 Å². The van der Waals surface area contributed by atoms with Crippen LogP contribution in [-0.4, -0.2) is 29.9 Å². The molecule has 2 nitrogen and oxygen atoms in total. The van der Waals surface area contributed by atoms with E-state index in [4.69, 9.17) is 4.74 Å². The van der Waals surface area contributed by atoms with E-state index < -0.39 is 0 Å². The van der Waals surface area contributed by atoms with Crippen LogP contribution in [-0.2, 0) is 9.53 Å². The van der Waals surface area contributed by atoms with Gasteiger partial charge in [-0.05, 0) is 12.8 Å². The van der Waals surface area contributed by atoms with E-state index in [9.17, 15) is 4.79 Å². The molecule has 0 radical (unpaired) electrons. The summed E-state index contributed by atoms with van der Waals surface area (Å²) in [4.78, 5) is 10.6. The van der Waals surface area contributed by atoms with Gasteiger partial charge in [-0.1, -0.05) is 13.8 Å². The minimum Gasteiger partial charge on any atom is -0.466 e. The van der Waals surface area contributed by atoms with E-state index in [1.807, 2.05) is 13.8 Å². The van der Waals surface area contributed by atoms with Crippen LogP contribution in [0.1, 0.15) is 33.1 Å². The van der Waals surface area contributed by atoms with Crippen LogP contribution in [0.3, 0.4) is 0 Å². The lowest BCUT2D eigenvalue weighted by atomic mass is 10.3. The van der Waals surface area contributed by atoms with Crippen LogP contribution in [0.25, 0.3) is 0 Å². The summed E-state index contributed by atoms with van der Waals surface area (Å²) >= 11 is 0. The highest BCUT2D eigenvalue weighted by atomic mass is 27.0. The number of hydrogen-bond acceptors (Lipinski definition) is 2. The first kappa shape index (κ1) is 12.7. The van der Waals surface area contributed by atoms with Crippen molar-refractivity contribution in [3.8, 4) is 0 Å². The first-order chi connectivity index (χ1) is 4.31. The van der Waals surface area contributed by atoms with Crippen molar-refractivity contribution in [3.05, 3.63) is 0 Å². The molecule has 0 rings (SSSR count). The molecular formula is C7H17AlO2. The predicted molar refractivity (Wildman–Crippen MR) is 46.1 cm³/mol. The number of esters is 1. The minimum atomic E-state index is -0.0700. The van der Waals surface area contributed by atoms with Crippen LogP contribution in [0.4, 0.5) is 0 Å². The van der Waals surface area contributed by atoms with Crippen molar-refractivity contribution in [2.75, 3.05) is 6.61 Å². The topological polar surface area (TPSA) is 26.3 Å². The van der Waals surface area contributed by atoms with Gasteiger partial charge in [0.1, 0.15) is 0 Å². The van der Waals surface area contributed by atoms with E-state index in [1.54, 1.807) is 0 Å². The highest BCUT2D eigenvalue weighted by molar-refractivity contribution is 5.75. The average Bonchev–Trinajstić information content (AvgIpc) is 1.85. The summed E-state index contributed by atoms with van der Waals surface area (Å²) in [5, 5.41) is 0. The number of rotatable bonds is 4. The molecule has 0 bridgehead atoms. The molecule has 0 aromatic rings. The Balaban J connectivity index is 0. The molecule has 0 N–H and O–H groups in total. The van der Waals surface area contributed by atoms with Gasteiger partial charge in [0.15, 0.2) is 17.4 Å². The summed E-state index contributed by atoms with van der Waals surface area (Å²) in [5.74, 6) is -0.0700. The normalized spacial score (nSPS) is 8.20. The third-order valence-corrected chi connectivity index (χ3v) is 0.921. The van der Waals surface area contributed by atoms with Gasteiger partial charge in [0, 0.05) is 6.42 Å². The molecule has 10 heavy (non-hydrogen) atoms. The van der Waals surface area contributed by atoms with E-state index in [0.717, 1.165) is 12.8 Å². The van der Waals surface area contributed by atoms with Crippen molar-refractivity contribution >= 4 is 23.3 Å². The SMILES string of the molecule is CCCOC(=O)CCC.[AlH3]. The van der Waals surface area contributed by atoms with Gasteiger partial charge in [-0.2, -0.15) is 0 Å². The first-order valence-electron chi connectivity index (χ1n) is 3.46. The Morgan fingerprint density at radius 1 is 1.30 bits per heavy atom. The lowest BCUT2D eigenvalue weighted by molar-refractivity contribution is -0.143. The molecule has 0 unspecified atom stereocenters. The molecule has 3 heteroatoms. The molecule has 0 amide bonds. The minimum absolute atomic E-state index is 0. The summed E-state index contributed by atoms with van der Waals surface area (Å²) in [6.45, 7) is 4.52. The molecule has 0 saturated heterocycles. The molecule has 0 aliphatic rings. The number of carbonyl (C=O) groups is 1. The zero-order valence-corrected chi connectivity index (χ0v) is 6.14. The fourth-order valence-electron chi connectivity index (χ4n) is 0.492. The Morgan fingerprint density at radius 2 is 1.90 bits per heavy atom. The average molecular weight is 160 g/mol. The van der Waals surface area contributed by atoms with E-state index in [0.29, 0.717) is 13.0 Å². The van der Waals surface area contributed by atoms with Crippen molar-refractivity contribution in [1.82, 2.24) is 0 Å². The van der Waals surface area contributed by atoms with Crippen molar-refractivity contribution < 1.29 is 9.53 Å². The van der Waals surface area contributed by atoms with E-state index >= 15 is 0 Å². The van der Waals surface area contributed by atoms with Gasteiger partial charge >= 0.3 is 5.97 Å². The van der Waals surface area contributed by atoms with Crippen molar-refractivity contribution in [2.45, 2.75) is 33.1 Å². The Bertz CT molecular complexity index is 83.7. The largest absolute Gasteiger partial charge is 0.466 e. The van der Waals surface area contributed by atoms with Gasteiger partial charge in [0.25, 0.3) is 0 Å². The van der Waals surface area contributed by atoms with Crippen LogP contribution >= 0.6 is 0 Å². The lowest BCUT2D eigenvalue weighted by Crippen LogP contribution is -2.03. The second-order valence-corrected chi connectivity index (χ2v) is 1.97. The lowest BCUT2D eigenvalue weighted by Gasteiger charge is -1.99. The Morgan fingerprint density at radius 3 is 2.30 bits per heavy atom. The summed E-state index contributed by atoms with van der Waals surface area (Å²) in [7, 11) is 0. The maximum absolute atomic E-state index is 10.6. The third kappa shape index (κ3) is 8.00. The van der Waals surface area contributed by atoms with Gasteiger partial charge in [0.05, 0.1) is 6.61 Å². The van der Waals surface area contributed by atoms with Gasteiger partial charge in [-0.25, -0.2) is 0 Å². The predicted octanol–water partition coefficient (Wildman–Crippen LogP) is 0.556. The summed E-state index contributed by atoms with van der Waals surface area (Å²) in [6, 6.07) is 0. The Hall–Kier alpha value is 0.00247. The van der Waals surface area contributed by atoms with Crippen molar-refractivity contribution in [1.29, 1.82) is 0 Å². The molecule has 60 valence electrons. The Labute approximate surface area is 73.1 Å². The van der Waals surface area contributed by atoms with Gasteiger partial charge in [0.2, 0.25) is 0 Å². The van der Waals surface area contributed by atoms with E-state index in [1.165, 1.54) is 0 Å². The zero-order chi connectivity index (χ0) is 7.11. The Kier molecular flexibility index (Phi) is 11.4. The molecule has 0 spiro atoms. The molecule has 0 fully saturated rings. The van der Waals surface area contributed by atoms with Gasteiger partial charge in [-0.3, -0.25) is 4.79 Å². The summed E-state index contributed by atoms with van der Waals surface area (Å²) < 4.78 is 4.79. The second kappa shape index (κ2) is 9.00. The first-order valence-corrected chi connectivity index (χ1v) is 3.46. The maximum atomic E-state index is 10.6. The molecule has 0 aliphatic heterocycles. The van der Waals surface area contributed by atoms with Gasteiger partial charge < -0.3 is 4.74 Å². The smallest absolute Gasteiger partial charge is 0.305 e. The fraction of sp³-hybridized carbons (Fsp3) is 0.857. The van der Waals surface area contributed by atoms with Crippen LogP contribution in [0.2, 0.25) is 0 Å². The molecule has 0 aliphatic carbocycles. The summed E-state index contributed by atoms with van der Waals surface area (Å²) in [6.07, 6.45) is 2.35. The monoisotopic (exact) mass is 160 g/mol. The van der Waals surface area contributed by atoms with Gasteiger partial charge in [-0.15, -0.1) is 0 Å². The highest BCUT2D eigenvalue weighted by Gasteiger charge is 1.96. The molecular weight excluding hydrogens is 143 g/mol. The fourth-order valence-corrected chi connectivity index (χ4v) is 0.492. The molecule has 0 heterocycles. The number of carbonyl (C=O) groups excluding carboxylic acids is 1. The zero-order valence-electron chi connectivity index (χ0n) is 6.14. The van der Waals surface area contributed by atoms with Crippen molar-refractivity contribution in [2.24, 2.45) is 0 Å². The van der Waals surface area contributed by atoms with Crippen LogP contribution in [0.5, 0.6) is 0 Å². The number of ether oxygens (including phenoxy) is 1. The van der Waals surface area contributed by atoms with Crippen molar-refractivity contribution in [3.63, 3.8) is 0 Å². The molecule has 0 aromatic carbocycles. The molecule has 0 atom stereocenters. The quantitative estimate of drug-likeness (QED) is 0.443. The van der Waals surface area contributed by atoms with E-state index in [2.05, 4.69) is 0 Å². The highest BCUT2D eigenvalue weighted by Crippen LogP contribution is 1.91. The number of hydrogen-bond donors (Lipinski definition) is 0. The molecule has 0 aromatic heterocycles. The van der Waals surface area contributed by atoms with Crippen LogP contribution < -0.4 is 0 Å². The second-order valence-electron chi connectivity index (χ2n) is 1.97. The maximum Gasteiger partial charge on any atom is 0.305 e. The molecule has 0 saturated carbocycles.